The molecule has 0 saturated heterocycles. The van der Waals surface area contributed by atoms with Gasteiger partial charge in [0.15, 0.2) is 5.82 Å². The number of nitriles is 1. The number of pyridine rings is 1. The molecule has 46 heavy (non-hydrogen) atoms. The molecule has 1 atom stereocenters. The number of anilines is 2. The normalized spacial score (nSPS) is 13.7. The van der Waals surface area contributed by atoms with E-state index in [0.29, 0.717) is 52.6 Å². The topological polar surface area (TPSA) is 121 Å². The third-order valence-corrected chi connectivity index (χ3v) is 7.67. The monoisotopic (exact) mass is 632 g/mol. The number of halogens is 3. The molecule has 3 heterocycles. The van der Waals surface area contributed by atoms with Gasteiger partial charge >= 0.3 is 6.18 Å². The fourth-order valence-electron chi connectivity index (χ4n) is 5.39. The molecule has 0 spiro atoms. The Morgan fingerprint density at radius 2 is 1.87 bits per heavy atom. The number of hydrogen-bond donors (Lipinski definition) is 2. The lowest BCUT2D eigenvalue weighted by atomic mass is 9.97. The van der Waals surface area contributed by atoms with Crippen molar-refractivity contribution < 1.29 is 22.7 Å². The molecule has 13 heteroatoms. The average Bonchev–Trinajstić information content (AvgIpc) is 3.60. The number of methoxy groups -OCH3 is 1. The standard InChI is InChI=1S/C33H35F3N8O2/c1-19(2)14-39-29-11-23(25-8-21(13-37)6-7-24(25)31-42-40-18-43(31)4)12-30(41-29)44-16-27-26(32(44)45)9-22(10-28(27)33(34,35)36)15-38-20(3)17-46-5/h6-12,18-20,38H,14-17H2,1-5H3,(H,39,41)/t20-/m1/s1. The Hall–Kier alpha value is -4.80. The highest BCUT2D eigenvalue weighted by Crippen LogP contribution is 2.41. The number of aromatic nitrogens is 4. The number of nitrogens with one attached hydrogen (secondary N) is 2. The van der Waals surface area contributed by atoms with Crippen LogP contribution in [0.4, 0.5) is 24.8 Å². The number of carbonyl (C=O) groups is 1. The Balaban J connectivity index is 1.61. The summed E-state index contributed by atoms with van der Waals surface area (Å²) in [6.07, 6.45) is -3.11. The molecule has 1 aliphatic heterocycles. The van der Waals surface area contributed by atoms with Crippen molar-refractivity contribution in [3.05, 3.63) is 76.6 Å². The lowest BCUT2D eigenvalue weighted by Gasteiger charge is -2.20. The predicted molar refractivity (Wildman–Crippen MR) is 168 cm³/mol. The van der Waals surface area contributed by atoms with E-state index in [1.165, 1.54) is 11.0 Å². The minimum absolute atomic E-state index is 0.0128. The summed E-state index contributed by atoms with van der Waals surface area (Å²) in [5, 5.41) is 24.4. The van der Waals surface area contributed by atoms with Crippen LogP contribution in [0.5, 0.6) is 0 Å². The highest BCUT2D eigenvalue weighted by atomic mass is 19.4. The molecule has 2 N–H and O–H groups in total. The Morgan fingerprint density at radius 1 is 1.09 bits per heavy atom. The zero-order valence-electron chi connectivity index (χ0n) is 26.2. The van der Waals surface area contributed by atoms with Gasteiger partial charge in [0.05, 0.1) is 30.3 Å². The summed E-state index contributed by atoms with van der Waals surface area (Å²) in [4.78, 5) is 19.8. The van der Waals surface area contributed by atoms with Crippen LogP contribution in [0.3, 0.4) is 0 Å². The Kier molecular flexibility index (Phi) is 9.41. The maximum atomic E-state index is 14.4. The second-order valence-corrected chi connectivity index (χ2v) is 11.8. The van der Waals surface area contributed by atoms with Gasteiger partial charge in [-0.05, 0) is 77.6 Å². The number of fused-ring (bicyclic) bond motifs is 1. The lowest BCUT2D eigenvalue weighted by molar-refractivity contribution is -0.138. The molecule has 5 rings (SSSR count). The van der Waals surface area contributed by atoms with E-state index in [-0.39, 0.29) is 42.0 Å². The van der Waals surface area contributed by atoms with Gasteiger partial charge in [-0.15, -0.1) is 10.2 Å². The molecule has 2 aromatic heterocycles. The summed E-state index contributed by atoms with van der Waals surface area (Å²) >= 11 is 0. The number of benzene rings is 2. The number of ether oxygens (including phenoxy) is 1. The van der Waals surface area contributed by atoms with Crippen LogP contribution in [0.25, 0.3) is 22.5 Å². The molecule has 0 radical (unpaired) electrons. The van der Waals surface area contributed by atoms with Crippen molar-refractivity contribution in [3.63, 3.8) is 0 Å². The quantitative estimate of drug-likeness (QED) is 0.213. The van der Waals surface area contributed by atoms with Crippen LogP contribution in [0.2, 0.25) is 0 Å². The molecular formula is C33H35F3N8O2. The predicted octanol–water partition coefficient (Wildman–Crippen LogP) is 5.79. The van der Waals surface area contributed by atoms with Crippen molar-refractivity contribution in [1.29, 1.82) is 5.26 Å². The maximum absolute atomic E-state index is 14.4. The summed E-state index contributed by atoms with van der Waals surface area (Å²) in [6.45, 7) is 6.70. The van der Waals surface area contributed by atoms with Crippen LogP contribution in [-0.4, -0.2) is 52.0 Å². The van der Waals surface area contributed by atoms with Gasteiger partial charge in [-0.25, -0.2) is 4.98 Å². The van der Waals surface area contributed by atoms with Gasteiger partial charge in [0.1, 0.15) is 18.0 Å². The van der Waals surface area contributed by atoms with Crippen molar-refractivity contribution in [2.24, 2.45) is 13.0 Å². The Bertz CT molecular complexity index is 1790. The molecule has 1 aliphatic rings. The molecule has 1 amide bonds. The zero-order chi connectivity index (χ0) is 33.2. The van der Waals surface area contributed by atoms with Gasteiger partial charge in [-0.2, -0.15) is 18.4 Å². The van der Waals surface area contributed by atoms with Gasteiger partial charge in [-0.3, -0.25) is 9.69 Å². The van der Waals surface area contributed by atoms with Crippen molar-refractivity contribution >= 4 is 17.5 Å². The SMILES string of the molecule is COC[C@@H](C)NCc1cc2c(c(C(F)(F)F)c1)CN(c1cc(-c3cc(C#N)ccc3-c3nncn3C)cc(NCC(C)C)n1)C2=O. The van der Waals surface area contributed by atoms with Crippen LogP contribution in [-0.2, 0) is 31.1 Å². The molecule has 0 bridgehead atoms. The second kappa shape index (κ2) is 13.3. The summed E-state index contributed by atoms with van der Waals surface area (Å²) in [5.74, 6) is 0.846. The number of aryl methyl sites for hydroxylation is 1. The summed E-state index contributed by atoms with van der Waals surface area (Å²) < 4.78 is 50.0. The Labute approximate surface area is 265 Å². The molecule has 0 unspecified atom stereocenters. The maximum Gasteiger partial charge on any atom is 0.416 e. The van der Waals surface area contributed by atoms with Crippen LogP contribution >= 0.6 is 0 Å². The number of rotatable bonds is 11. The average molecular weight is 633 g/mol. The molecule has 4 aromatic rings. The molecule has 0 saturated carbocycles. The summed E-state index contributed by atoms with van der Waals surface area (Å²) in [6, 6.07) is 13.3. The van der Waals surface area contributed by atoms with E-state index in [0.717, 1.165) is 6.07 Å². The fraction of sp³-hybridized carbons (Fsp3) is 0.364. The minimum Gasteiger partial charge on any atom is -0.383 e. The highest BCUT2D eigenvalue weighted by Gasteiger charge is 2.41. The van der Waals surface area contributed by atoms with E-state index in [9.17, 15) is 23.2 Å². The molecule has 240 valence electrons. The zero-order valence-corrected chi connectivity index (χ0v) is 26.2. The van der Waals surface area contributed by atoms with Gasteiger partial charge in [-0.1, -0.05) is 13.8 Å². The first-order valence-electron chi connectivity index (χ1n) is 14.8. The van der Waals surface area contributed by atoms with E-state index >= 15 is 0 Å². The van der Waals surface area contributed by atoms with E-state index in [1.54, 1.807) is 55.4 Å². The third-order valence-electron chi connectivity index (χ3n) is 7.67. The number of nitrogens with zero attached hydrogens (tertiary/aromatic N) is 6. The van der Waals surface area contributed by atoms with Crippen molar-refractivity contribution in [1.82, 2.24) is 25.1 Å². The van der Waals surface area contributed by atoms with Crippen LogP contribution in [0.1, 0.15) is 53.4 Å². The number of carbonyl (C=O) groups excluding carboxylic acids is 1. The van der Waals surface area contributed by atoms with Gasteiger partial charge < -0.3 is 19.9 Å². The van der Waals surface area contributed by atoms with E-state index < -0.39 is 17.6 Å². The van der Waals surface area contributed by atoms with E-state index in [4.69, 9.17) is 4.74 Å². The number of hydrogen-bond acceptors (Lipinski definition) is 8. The van der Waals surface area contributed by atoms with E-state index in [1.807, 2.05) is 20.8 Å². The summed E-state index contributed by atoms with van der Waals surface area (Å²) in [7, 11) is 3.34. The molecule has 10 nitrogen and oxygen atoms in total. The van der Waals surface area contributed by atoms with Gasteiger partial charge in [0, 0.05) is 44.4 Å². The molecule has 0 fully saturated rings. The smallest absolute Gasteiger partial charge is 0.383 e. The lowest BCUT2D eigenvalue weighted by Crippen LogP contribution is -2.29. The van der Waals surface area contributed by atoms with Crippen LogP contribution in [0, 0.1) is 17.2 Å². The second-order valence-electron chi connectivity index (χ2n) is 11.8. The highest BCUT2D eigenvalue weighted by molar-refractivity contribution is 6.10. The van der Waals surface area contributed by atoms with Crippen molar-refractivity contribution in [2.75, 3.05) is 30.5 Å². The van der Waals surface area contributed by atoms with Crippen molar-refractivity contribution in [3.8, 4) is 28.6 Å². The van der Waals surface area contributed by atoms with Crippen molar-refractivity contribution in [2.45, 2.75) is 46.1 Å². The molecule has 0 aliphatic carbocycles. The minimum atomic E-state index is -4.67. The van der Waals surface area contributed by atoms with Gasteiger partial charge in [0.25, 0.3) is 5.91 Å². The first-order chi connectivity index (χ1) is 21.9. The van der Waals surface area contributed by atoms with E-state index in [2.05, 4.69) is 31.9 Å². The van der Waals surface area contributed by atoms with Crippen LogP contribution in [0.15, 0.2) is 48.8 Å². The first kappa shape index (κ1) is 32.6. The Morgan fingerprint density at radius 3 is 2.52 bits per heavy atom. The third kappa shape index (κ3) is 6.88. The summed E-state index contributed by atoms with van der Waals surface area (Å²) in [5.41, 5.74) is 1.69. The first-order valence-corrected chi connectivity index (χ1v) is 14.8. The van der Waals surface area contributed by atoms with Crippen LogP contribution < -0.4 is 15.5 Å². The molecule has 2 aromatic carbocycles. The fourth-order valence-corrected chi connectivity index (χ4v) is 5.39. The number of amides is 1. The van der Waals surface area contributed by atoms with Gasteiger partial charge in [0.2, 0.25) is 0 Å². The number of alkyl halides is 3. The molecular weight excluding hydrogens is 597 g/mol. The largest absolute Gasteiger partial charge is 0.416 e.